The van der Waals surface area contributed by atoms with Crippen LogP contribution in [0.25, 0.3) is 6.08 Å². The summed E-state index contributed by atoms with van der Waals surface area (Å²) in [5.41, 5.74) is 1.89. The lowest BCUT2D eigenvalue weighted by Gasteiger charge is -2.19. The lowest BCUT2D eigenvalue weighted by molar-refractivity contribution is -0.143. The molecule has 2 rings (SSSR count). The van der Waals surface area contributed by atoms with Crippen molar-refractivity contribution in [3.63, 3.8) is 0 Å². The number of esters is 1. The largest absolute Gasteiger partial charge is 0.489 e. The van der Waals surface area contributed by atoms with Crippen LogP contribution in [0.1, 0.15) is 30.9 Å². The van der Waals surface area contributed by atoms with Crippen molar-refractivity contribution in [1.29, 1.82) is 5.26 Å². The van der Waals surface area contributed by atoms with Gasteiger partial charge in [0.2, 0.25) is 5.91 Å². The maximum Gasteiger partial charge on any atom is 0.307 e. The van der Waals surface area contributed by atoms with E-state index < -0.39 is 0 Å². The summed E-state index contributed by atoms with van der Waals surface area (Å²) in [7, 11) is 0. The Bertz CT molecular complexity index is 888. The van der Waals surface area contributed by atoms with E-state index in [1.165, 1.54) is 11.0 Å². The van der Waals surface area contributed by atoms with E-state index in [0.717, 1.165) is 11.1 Å². The molecule has 156 valence electrons. The number of carbonyl (C=O) groups excluding carboxylic acids is 2. The van der Waals surface area contributed by atoms with Crippen LogP contribution in [0.5, 0.6) is 5.75 Å². The number of nitrogens with zero attached hydrogens (tertiary/aromatic N) is 2. The summed E-state index contributed by atoms with van der Waals surface area (Å²) in [6, 6.07) is 19.3. The fourth-order valence-electron chi connectivity index (χ4n) is 2.70. The summed E-state index contributed by atoms with van der Waals surface area (Å²) < 4.78 is 10.7. The fraction of sp³-hybridized carbons (Fsp3) is 0.292. The van der Waals surface area contributed by atoms with Crippen LogP contribution in [0, 0.1) is 11.3 Å². The van der Waals surface area contributed by atoms with Crippen molar-refractivity contribution < 1.29 is 19.1 Å². The van der Waals surface area contributed by atoms with Crippen LogP contribution in [0.2, 0.25) is 0 Å². The van der Waals surface area contributed by atoms with Gasteiger partial charge in [-0.15, -0.1) is 0 Å². The standard InChI is InChI=1S/C24H26N2O4/c1-2-29-24(28)14-17-26(16-7-15-25)23(27)13-12-20-10-6-11-22(18-20)30-19-21-8-4-3-5-9-21/h3-6,8-13,18H,2,7,14,16-17,19H2,1H3/b13-12+. The number of amides is 1. The molecular weight excluding hydrogens is 380 g/mol. The second kappa shape index (κ2) is 12.8. The van der Waals surface area contributed by atoms with Crippen molar-refractivity contribution in [1.82, 2.24) is 4.90 Å². The molecule has 30 heavy (non-hydrogen) atoms. The van der Waals surface area contributed by atoms with Crippen molar-refractivity contribution in [2.75, 3.05) is 19.7 Å². The molecule has 0 saturated carbocycles. The summed E-state index contributed by atoms with van der Waals surface area (Å²) in [5.74, 6) is 0.0850. The molecule has 2 aromatic carbocycles. The number of nitriles is 1. The third-order valence-corrected chi connectivity index (χ3v) is 4.22. The van der Waals surface area contributed by atoms with E-state index in [0.29, 0.717) is 19.0 Å². The smallest absolute Gasteiger partial charge is 0.307 e. The van der Waals surface area contributed by atoms with Crippen molar-refractivity contribution in [3.8, 4) is 11.8 Å². The molecule has 0 heterocycles. The third-order valence-electron chi connectivity index (χ3n) is 4.22. The molecule has 0 aromatic heterocycles. The van der Waals surface area contributed by atoms with Gasteiger partial charge in [-0.2, -0.15) is 5.26 Å². The van der Waals surface area contributed by atoms with Gasteiger partial charge in [0.05, 0.1) is 25.5 Å². The molecule has 0 N–H and O–H groups in total. The Morgan fingerprint density at radius 3 is 2.63 bits per heavy atom. The predicted octanol–water partition coefficient (Wildman–Crippen LogP) is 3.97. The molecule has 0 spiro atoms. The number of hydrogen-bond donors (Lipinski definition) is 0. The number of rotatable bonds is 11. The number of ether oxygens (including phenoxy) is 2. The highest BCUT2D eigenvalue weighted by molar-refractivity contribution is 5.92. The van der Waals surface area contributed by atoms with Gasteiger partial charge in [0, 0.05) is 19.2 Å². The van der Waals surface area contributed by atoms with Gasteiger partial charge >= 0.3 is 5.97 Å². The molecule has 0 bridgehead atoms. The van der Waals surface area contributed by atoms with Crippen LogP contribution in [0.15, 0.2) is 60.7 Å². The van der Waals surface area contributed by atoms with Gasteiger partial charge in [-0.05, 0) is 36.3 Å². The van der Waals surface area contributed by atoms with E-state index in [4.69, 9.17) is 14.7 Å². The Hall–Kier alpha value is -3.59. The Kier molecular flexibility index (Phi) is 9.67. The van der Waals surface area contributed by atoms with Crippen LogP contribution in [-0.2, 0) is 20.9 Å². The van der Waals surface area contributed by atoms with E-state index in [1.54, 1.807) is 13.0 Å². The zero-order chi connectivity index (χ0) is 21.6. The minimum absolute atomic E-state index is 0.0989. The SMILES string of the molecule is CCOC(=O)CCN(CCC#N)C(=O)/C=C/c1cccc(OCc2ccccc2)c1. The van der Waals surface area contributed by atoms with E-state index in [-0.39, 0.29) is 37.8 Å². The second-order valence-corrected chi connectivity index (χ2v) is 6.47. The van der Waals surface area contributed by atoms with Gasteiger partial charge in [0.25, 0.3) is 0 Å². The molecular formula is C24H26N2O4. The van der Waals surface area contributed by atoms with Crippen LogP contribution < -0.4 is 4.74 Å². The summed E-state index contributed by atoms with van der Waals surface area (Å²) >= 11 is 0. The Morgan fingerprint density at radius 1 is 1.10 bits per heavy atom. The van der Waals surface area contributed by atoms with Crippen LogP contribution in [-0.4, -0.2) is 36.5 Å². The second-order valence-electron chi connectivity index (χ2n) is 6.47. The fourth-order valence-corrected chi connectivity index (χ4v) is 2.70. The molecule has 0 atom stereocenters. The summed E-state index contributed by atoms with van der Waals surface area (Å²) in [6.45, 7) is 2.97. The lowest BCUT2D eigenvalue weighted by atomic mass is 10.2. The zero-order valence-corrected chi connectivity index (χ0v) is 17.1. The normalized spacial score (nSPS) is 10.4. The van der Waals surface area contributed by atoms with Crippen LogP contribution >= 0.6 is 0 Å². The average molecular weight is 406 g/mol. The first-order chi connectivity index (χ1) is 14.6. The van der Waals surface area contributed by atoms with Gasteiger partial charge in [-0.1, -0.05) is 42.5 Å². The first-order valence-electron chi connectivity index (χ1n) is 9.88. The first-order valence-corrected chi connectivity index (χ1v) is 9.88. The molecule has 6 nitrogen and oxygen atoms in total. The molecule has 0 aliphatic carbocycles. The maximum atomic E-state index is 12.5. The van der Waals surface area contributed by atoms with Crippen molar-refractivity contribution >= 4 is 18.0 Å². The zero-order valence-electron chi connectivity index (χ0n) is 17.1. The van der Waals surface area contributed by atoms with Gasteiger partial charge in [-0.3, -0.25) is 9.59 Å². The first kappa shape index (κ1) is 22.7. The Balaban J connectivity index is 1.96. The number of benzene rings is 2. The number of hydrogen-bond acceptors (Lipinski definition) is 5. The third kappa shape index (κ3) is 8.19. The molecule has 0 aliphatic rings. The Morgan fingerprint density at radius 2 is 1.90 bits per heavy atom. The molecule has 6 heteroatoms. The molecule has 0 radical (unpaired) electrons. The molecule has 0 aliphatic heterocycles. The molecule has 0 unspecified atom stereocenters. The van der Waals surface area contributed by atoms with Gasteiger partial charge < -0.3 is 14.4 Å². The number of carbonyl (C=O) groups is 2. The van der Waals surface area contributed by atoms with Gasteiger partial charge in [0.15, 0.2) is 0 Å². The molecule has 0 saturated heterocycles. The van der Waals surface area contributed by atoms with E-state index in [2.05, 4.69) is 0 Å². The quantitative estimate of drug-likeness (QED) is 0.417. The summed E-state index contributed by atoms with van der Waals surface area (Å²) in [5, 5.41) is 8.82. The highest BCUT2D eigenvalue weighted by Crippen LogP contribution is 2.16. The monoisotopic (exact) mass is 406 g/mol. The van der Waals surface area contributed by atoms with Crippen LogP contribution in [0.4, 0.5) is 0 Å². The topological polar surface area (TPSA) is 79.6 Å². The molecule has 2 aromatic rings. The van der Waals surface area contributed by atoms with Crippen molar-refractivity contribution in [2.24, 2.45) is 0 Å². The highest BCUT2D eigenvalue weighted by atomic mass is 16.5. The summed E-state index contributed by atoms with van der Waals surface area (Å²) in [6.07, 6.45) is 3.44. The minimum Gasteiger partial charge on any atom is -0.489 e. The minimum atomic E-state index is -0.362. The van der Waals surface area contributed by atoms with Crippen LogP contribution in [0.3, 0.4) is 0 Å². The Labute approximate surface area is 177 Å². The van der Waals surface area contributed by atoms with E-state index in [1.807, 2.05) is 60.7 Å². The van der Waals surface area contributed by atoms with E-state index in [9.17, 15) is 9.59 Å². The van der Waals surface area contributed by atoms with Gasteiger partial charge in [0.1, 0.15) is 12.4 Å². The maximum absolute atomic E-state index is 12.5. The predicted molar refractivity (Wildman–Crippen MR) is 114 cm³/mol. The van der Waals surface area contributed by atoms with Crippen molar-refractivity contribution in [3.05, 3.63) is 71.8 Å². The van der Waals surface area contributed by atoms with E-state index >= 15 is 0 Å². The van der Waals surface area contributed by atoms with Gasteiger partial charge in [-0.25, -0.2) is 0 Å². The molecule has 1 amide bonds. The molecule has 0 fully saturated rings. The lowest BCUT2D eigenvalue weighted by Crippen LogP contribution is -2.32. The van der Waals surface area contributed by atoms with Crippen molar-refractivity contribution in [2.45, 2.75) is 26.4 Å². The summed E-state index contributed by atoms with van der Waals surface area (Å²) in [4.78, 5) is 25.6. The average Bonchev–Trinajstić information content (AvgIpc) is 2.77. The highest BCUT2D eigenvalue weighted by Gasteiger charge is 2.13.